The minimum absolute atomic E-state index is 0.146. The Balaban J connectivity index is 1.70. The Hall–Kier alpha value is -4.44. The summed E-state index contributed by atoms with van der Waals surface area (Å²) >= 11 is 0. The van der Waals surface area contributed by atoms with Crippen molar-refractivity contribution in [2.24, 2.45) is 5.73 Å². The molecule has 1 amide bonds. The van der Waals surface area contributed by atoms with E-state index >= 15 is 0 Å². The number of aromatic nitrogens is 5. The van der Waals surface area contributed by atoms with Gasteiger partial charge in [-0.2, -0.15) is 23.5 Å². The molecule has 37 heavy (non-hydrogen) atoms. The minimum atomic E-state index is -4.72. The second-order valence-corrected chi connectivity index (χ2v) is 8.32. The molecule has 0 aliphatic rings. The predicted octanol–water partition coefficient (Wildman–Crippen LogP) is 3.52. The second-order valence-electron chi connectivity index (χ2n) is 8.32. The Bertz CT molecular complexity index is 1480. The Morgan fingerprint density at radius 2 is 2.08 bits per heavy atom. The number of alkyl halides is 3. The van der Waals surface area contributed by atoms with Crippen molar-refractivity contribution >= 4 is 23.1 Å². The Morgan fingerprint density at radius 3 is 2.76 bits per heavy atom. The maximum atomic E-state index is 13.7. The molecular weight excluding hydrogens is 487 g/mol. The monoisotopic (exact) mass is 511 g/mol. The van der Waals surface area contributed by atoms with Crippen molar-refractivity contribution in [3.05, 3.63) is 59.8 Å². The highest BCUT2D eigenvalue weighted by Gasteiger charge is 2.38. The van der Waals surface area contributed by atoms with Crippen LogP contribution >= 0.6 is 0 Å². The molecule has 1 atom stereocenters. The number of amides is 1. The van der Waals surface area contributed by atoms with Gasteiger partial charge in [-0.25, -0.2) is 9.97 Å². The van der Waals surface area contributed by atoms with Crippen LogP contribution in [-0.2, 0) is 19.1 Å². The zero-order chi connectivity index (χ0) is 26.7. The van der Waals surface area contributed by atoms with E-state index in [0.717, 1.165) is 10.2 Å². The third-order valence-electron chi connectivity index (χ3n) is 5.69. The Morgan fingerprint density at radius 1 is 1.30 bits per heavy atom. The van der Waals surface area contributed by atoms with Crippen LogP contribution in [0.4, 0.5) is 24.7 Å². The number of imidazole rings is 1. The number of carbonyl (C=O) groups is 1. The summed E-state index contributed by atoms with van der Waals surface area (Å²) in [5.41, 5.74) is 6.66. The fourth-order valence-electron chi connectivity index (χ4n) is 3.86. The molecule has 0 spiro atoms. The number of nitriles is 1. The summed E-state index contributed by atoms with van der Waals surface area (Å²) in [7, 11) is 0. The number of anilines is 2. The van der Waals surface area contributed by atoms with Gasteiger partial charge < -0.3 is 16.4 Å². The van der Waals surface area contributed by atoms with E-state index in [1.165, 1.54) is 29.2 Å². The molecule has 0 bridgehead atoms. The fourth-order valence-corrected chi connectivity index (χ4v) is 3.86. The fraction of sp³-hybridized carbons (Fsp3) is 0.292. The number of aryl methyl sites for hydroxylation is 1. The second kappa shape index (κ2) is 10.3. The van der Waals surface area contributed by atoms with Crippen molar-refractivity contribution in [3.63, 3.8) is 0 Å². The average Bonchev–Trinajstić information content (AvgIpc) is 3.49. The first-order valence-electron chi connectivity index (χ1n) is 11.4. The van der Waals surface area contributed by atoms with E-state index in [1.54, 1.807) is 18.2 Å². The predicted molar refractivity (Wildman–Crippen MR) is 130 cm³/mol. The number of benzene rings is 1. The first kappa shape index (κ1) is 25.6. The normalized spacial score (nSPS) is 12.4. The van der Waals surface area contributed by atoms with Crippen molar-refractivity contribution < 1.29 is 18.0 Å². The maximum absolute atomic E-state index is 13.7. The molecule has 0 saturated heterocycles. The quantitative estimate of drug-likeness (QED) is 0.329. The highest BCUT2D eigenvalue weighted by molar-refractivity contribution is 5.96. The summed E-state index contributed by atoms with van der Waals surface area (Å²) in [6, 6.07) is 6.83. The number of rotatable bonds is 8. The van der Waals surface area contributed by atoms with Crippen LogP contribution in [0.1, 0.15) is 35.5 Å². The van der Waals surface area contributed by atoms with Crippen LogP contribution in [0.2, 0.25) is 0 Å². The summed E-state index contributed by atoms with van der Waals surface area (Å²) in [5.74, 6) is 0.0830. The van der Waals surface area contributed by atoms with E-state index in [4.69, 9.17) is 11.0 Å². The lowest BCUT2D eigenvalue weighted by Crippen LogP contribution is -2.38. The van der Waals surface area contributed by atoms with Gasteiger partial charge >= 0.3 is 6.18 Å². The zero-order valence-electron chi connectivity index (χ0n) is 20.0. The van der Waals surface area contributed by atoms with Crippen LogP contribution in [-0.4, -0.2) is 42.6 Å². The van der Waals surface area contributed by atoms with E-state index in [0.29, 0.717) is 30.0 Å². The smallest absolute Gasteiger partial charge is 0.348 e. The van der Waals surface area contributed by atoms with Crippen molar-refractivity contribution in [2.45, 2.75) is 39.0 Å². The van der Waals surface area contributed by atoms with E-state index in [-0.39, 0.29) is 35.4 Å². The van der Waals surface area contributed by atoms with Crippen LogP contribution in [0.25, 0.3) is 16.9 Å². The number of hydrogen-bond donors (Lipinski definition) is 3. The molecule has 4 aromatic rings. The number of fused-ring (bicyclic) bond motifs is 1. The third kappa shape index (κ3) is 5.24. The number of nitrogens with one attached hydrogen (secondary N) is 2. The van der Waals surface area contributed by atoms with Gasteiger partial charge in [0.05, 0.1) is 23.5 Å². The van der Waals surface area contributed by atoms with E-state index in [9.17, 15) is 18.0 Å². The van der Waals surface area contributed by atoms with Gasteiger partial charge in [0.2, 0.25) is 0 Å². The number of hydrogen-bond acceptors (Lipinski definition) is 7. The van der Waals surface area contributed by atoms with E-state index < -0.39 is 11.9 Å². The van der Waals surface area contributed by atoms with Gasteiger partial charge in [0.1, 0.15) is 6.54 Å². The van der Waals surface area contributed by atoms with Gasteiger partial charge in [0.25, 0.3) is 5.91 Å². The van der Waals surface area contributed by atoms with Gasteiger partial charge in [-0.3, -0.25) is 13.9 Å². The van der Waals surface area contributed by atoms with Crippen molar-refractivity contribution in [1.29, 1.82) is 5.26 Å². The van der Waals surface area contributed by atoms with E-state index in [2.05, 4.69) is 25.7 Å². The van der Waals surface area contributed by atoms with Gasteiger partial charge in [-0.15, -0.1) is 0 Å². The molecular formula is C24H24F3N9O. The van der Waals surface area contributed by atoms with Crippen molar-refractivity contribution in [1.82, 2.24) is 29.5 Å². The number of halogens is 3. The standard InChI is InChI=1S/C24H24F3N9O/c1-3-15-10-16(4-5-17(15)23(37)32-14(2)11-29)33-21-22-31-12-19(36(22)9-7-30-21)18-13-35(8-6-28)34-20(18)24(25,26)27/h4-5,7,9-10,12-14H,3,8,11,29H2,1-2H3,(H,30,33)(H,32,37). The molecule has 192 valence electrons. The molecule has 10 nitrogen and oxygen atoms in total. The first-order valence-corrected chi connectivity index (χ1v) is 11.4. The van der Waals surface area contributed by atoms with Gasteiger partial charge in [0, 0.05) is 42.4 Å². The largest absolute Gasteiger partial charge is 0.435 e. The Kier molecular flexibility index (Phi) is 7.12. The molecule has 4 N–H and O–H groups in total. The van der Waals surface area contributed by atoms with Crippen LogP contribution in [0, 0.1) is 11.3 Å². The minimum Gasteiger partial charge on any atom is -0.348 e. The van der Waals surface area contributed by atoms with Crippen molar-refractivity contribution in [3.8, 4) is 17.3 Å². The molecule has 0 fully saturated rings. The molecule has 0 radical (unpaired) electrons. The van der Waals surface area contributed by atoms with Crippen LogP contribution in [0.5, 0.6) is 0 Å². The number of carbonyl (C=O) groups excluding carboxylic acids is 1. The average molecular weight is 512 g/mol. The van der Waals surface area contributed by atoms with Crippen LogP contribution < -0.4 is 16.4 Å². The molecule has 13 heteroatoms. The van der Waals surface area contributed by atoms with Crippen LogP contribution in [0.15, 0.2) is 43.0 Å². The van der Waals surface area contributed by atoms with E-state index in [1.807, 2.05) is 19.9 Å². The zero-order valence-corrected chi connectivity index (χ0v) is 20.0. The molecule has 3 heterocycles. The van der Waals surface area contributed by atoms with Gasteiger partial charge in [-0.1, -0.05) is 6.92 Å². The summed E-state index contributed by atoms with van der Waals surface area (Å²) in [4.78, 5) is 21.2. The Labute approximate surface area is 209 Å². The molecule has 3 aromatic heterocycles. The van der Waals surface area contributed by atoms with Crippen LogP contribution in [0.3, 0.4) is 0 Å². The van der Waals surface area contributed by atoms with Crippen molar-refractivity contribution in [2.75, 3.05) is 11.9 Å². The molecule has 1 unspecified atom stereocenters. The summed E-state index contributed by atoms with van der Waals surface area (Å²) in [6.45, 7) is 3.73. The SMILES string of the molecule is CCc1cc(Nc2nccn3c(-c4cn(CC#N)nc4C(F)(F)F)cnc23)ccc1C(=O)NC(C)CN. The molecule has 4 rings (SSSR count). The summed E-state index contributed by atoms with van der Waals surface area (Å²) in [5, 5.41) is 18.4. The third-order valence-corrected chi connectivity index (χ3v) is 5.69. The highest BCUT2D eigenvalue weighted by Crippen LogP contribution is 2.37. The molecule has 1 aromatic carbocycles. The maximum Gasteiger partial charge on any atom is 0.435 e. The number of nitrogens with zero attached hydrogens (tertiary/aromatic N) is 6. The molecule has 0 aliphatic heterocycles. The van der Waals surface area contributed by atoms with Gasteiger partial charge in [0.15, 0.2) is 17.2 Å². The topological polar surface area (TPSA) is 139 Å². The lowest BCUT2D eigenvalue weighted by molar-refractivity contribution is -0.141. The summed E-state index contributed by atoms with van der Waals surface area (Å²) < 4.78 is 43.4. The van der Waals surface area contributed by atoms with Gasteiger partial charge in [-0.05, 0) is 37.1 Å². The highest BCUT2D eigenvalue weighted by atomic mass is 19.4. The number of nitrogens with two attached hydrogens (primary N) is 1. The molecule has 0 saturated carbocycles. The lowest BCUT2D eigenvalue weighted by atomic mass is 10.0. The summed E-state index contributed by atoms with van der Waals surface area (Å²) in [6.07, 6.45) is 1.27. The first-order chi connectivity index (χ1) is 17.7. The lowest BCUT2D eigenvalue weighted by Gasteiger charge is -2.15. The molecule has 0 aliphatic carbocycles.